The molecule has 2 saturated heterocycles. The summed E-state index contributed by atoms with van der Waals surface area (Å²) in [7, 11) is 0. The quantitative estimate of drug-likeness (QED) is 0.755. The number of hydrogen-bond donors (Lipinski definition) is 0. The summed E-state index contributed by atoms with van der Waals surface area (Å²) in [6.45, 7) is 14.8. The summed E-state index contributed by atoms with van der Waals surface area (Å²) in [6, 6.07) is 9.62. The minimum atomic E-state index is -0.751. The highest BCUT2D eigenvalue weighted by Gasteiger charge is 2.64. The van der Waals surface area contributed by atoms with Crippen LogP contribution in [-0.2, 0) is 11.3 Å². The minimum absolute atomic E-state index is 0.0323. The molecule has 0 saturated carbocycles. The average Bonchev–Trinajstić information content (AvgIpc) is 2.74. The van der Waals surface area contributed by atoms with Gasteiger partial charge in [-0.15, -0.1) is 0 Å². The van der Waals surface area contributed by atoms with Gasteiger partial charge in [0.15, 0.2) is 0 Å². The first kappa shape index (κ1) is 19.9. The van der Waals surface area contributed by atoms with Crippen molar-refractivity contribution in [1.82, 2.24) is 14.7 Å². The third-order valence-electron chi connectivity index (χ3n) is 6.35. The first-order valence-electron chi connectivity index (χ1n) is 10.0. The molecule has 1 aromatic rings. The van der Waals surface area contributed by atoms with Crippen LogP contribution in [-0.4, -0.2) is 56.3 Å². The van der Waals surface area contributed by atoms with Crippen LogP contribution in [0.5, 0.6) is 0 Å². The van der Waals surface area contributed by atoms with E-state index < -0.39 is 5.54 Å². The van der Waals surface area contributed by atoms with Crippen molar-refractivity contribution in [2.24, 2.45) is 0 Å². The number of nitrogens with zero attached hydrogens (tertiary/aromatic N) is 3. The zero-order chi connectivity index (χ0) is 20.0. The molecule has 0 atom stereocenters. The molecule has 1 aromatic carbocycles. The van der Waals surface area contributed by atoms with Crippen LogP contribution in [0.1, 0.15) is 59.9 Å². The standard InChI is InChI=1S/C22H33N3O2/c1-7-24-19(27)23(14-17-12-10-9-11-13-17)18(26)22(24)15-20(3,4)25(8-2)21(5,6)16-22/h9-13H,7-8,14-16H2,1-6H3. The Labute approximate surface area is 163 Å². The van der Waals surface area contributed by atoms with Crippen LogP contribution in [0.2, 0.25) is 0 Å². The van der Waals surface area contributed by atoms with Gasteiger partial charge in [0.05, 0.1) is 6.54 Å². The van der Waals surface area contributed by atoms with E-state index in [0.717, 1.165) is 12.1 Å². The van der Waals surface area contributed by atoms with Crippen molar-refractivity contribution in [3.05, 3.63) is 35.9 Å². The summed E-state index contributed by atoms with van der Waals surface area (Å²) in [6.07, 6.45) is 1.34. The first-order chi connectivity index (χ1) is 12.6. The molecule has 3 rings (SSSR count). The van der Waals surface area contributed by atoms with E-state index in [1.165, 1.54) is 4.90 Å². The molecule has 1 spiro atoms. The molecule has 0 bridgehead atoms. The lowest BCUT2D eigenvalue weighted by molar-refractivity contribution is -0.146. The number of hydrogen-bond acceptors (Lipinski definition) is 3. The van der Waals surface area contributed by atoms with E-state index in [2.05, 4.69) is 39.5 Å². The van der Waals surface area contributed by atoms with Gasteiger partial charge in [0.2, 0.25) is 0 Å². The molecule has 0 aromatic heterocycles. The van der Waals surface area contributed by atoms with Crippen molar-refractivity contribution in [2.75, 3.05) is 13.1 Å². The fraction of sp³-hybridized carbons (Fsp3) is 0.636. The lowest BCUT2D eigenvalue weighted by atomic mass is 9.68. The summed E-state index contributed by atoms with van der Waals surface area (Å²) in [5.74, 6) is -0.0323. The number of carbonyl (C=O) groups excluding carboxylic acids is 2. The van der Waals surface area contributed by atoms with Gasteiger partial charge in [-0.2, -0.15) is 0 Å². The molecule has 2 heterocycles. The minimum Gasteiger partial charge on any atom is -0.310 e. The summed E-state index contributed by atoms with van der Waals surface area (Å²) in [4.78, 5) is 32.7. The van der Waals surface area contributed by atoms with E-state index in [0.29, 0.717) is 25.9 Å². The van der Waals surface area contributed by atoms with E-state index in [9.17, 15) is 9.59 Å². The summed E-state index contributed by atoms with van der Waals surface area (Å²) < 4.78 is 0. The Balaban J connectivity index is 2.01. The second-order valence-corrected chi connectivity index (χ2v) is 9.16. The topological polar surface area (TPSA) is 43.9 Å². The second-order valence-electron chi connectivity index (χ2n) is 9.16. The van der Waals surface area contributed by atoms with Gasteiger partial charge in [0, 0.05) is 17.6 Å². The molecule has 0 radical (unpaired) electrons. The number of piperidine rings is 1. The van der Waals surface area contributed by atoms with E-state index in [-0.39, 0.29) is 23.0 Å². The fourth-order valence-electron chi connectivity index (χ4n) is 5.83. The maximum absolute atomic E-state index is 13.7. The van der Waals surface area contributed by atoms with Crippen molar-refractivity contribution in [3.63, 3.8) is 0 Å². The Morgan fingerprint density at radius 3 is 1.93 bits per heavy atom. The van der Waals surface area contributed by atoms with Gasteiger partial charge in [0.1, 0.15) is 5.54 Å². The largest absolute Gasteiger partial charge is 0.327 e. The van der Waals surface area contributed by atoms with E-state index >= 15 is 0 Å². The highest BCUT2D eigenvalue weighted by Crippen LogP contribution is 2.49. The fourth-order valence-corrected chi connectivity index (χ4v) is 5.83. The molecule has 2 aliphatic rings. The van der Waals surface area contributed by atoms with Crippen molar-refractivity contribution in [1.29, 1.82) is 0 Å². The van der Waals surface area contributed by atoms with E-state index in [1.54, 1.807) is 0 Å². The molecule has 5 nitrogen and oxygen atoms in total. The third-order valence-corrected chi connectivity index (χ3v) is 6.35. The molecule has 148 valence electrons. The van der Waals surface area contributed by atoms with Crippen LogP contribution in [0, 0.1) is 0 Å². The molecule has 5 heteroatoms. The van der Waals surface area contributed by atoms with E-state index in [1.807, 2.05) is 42.2 Å². The second kappa shape index (κ2) is 6.62. The average molecular weight is 372 g/mol. The number of likely N-dealkylation sites (N-methyl/N-ethyl adjacent to an activating group) is 1. The van der Waals surface area contributed by atoms with Crippen LogP contribution >= 0.6 is 0 Å². The maximum Gasteiger partial charge on any atom is 0.327 e. The SMILES string of the molecule is CCN1C(C)(C)CC2(CC1(C)C)C(=O)N(Cc1ccccc1)C(=O)N2CC. The first-order valence-corrected chi connectivity index (χ1v) is 10.0. The summed E-state index contributed by atoms with van der Waals surface area (Å²) in [5.41, 5.74) is -0.0957. The predicted molar refractivity (Wildman–Crippen MR) is 107 cm³/mol. The molecular formula is C22H33N3O2. The van der Waals surface area contributed by atoms with Crippen molar-refractivity contribution < 1.29 is 9.59 Å². The molecule has 0 unspecified atom stereocenters. The van der Waals surface area contributed by atoms with Gasteiger partial charge in [-0.25, -0.2) is 4.79 Å². The highest BCUT2D eigenvalue weighted by molar-refractivity contribution is 6.07. The number of likely N-dealkylation sites (tertiary alicyclic amines) is 1. The smallest absolute Gasteiger partial charge is 0.310 e. The molecule has 3 amide bonds. The number of rotatable bonds is 4. The molecule has 27 heavy (non-hydrogen) atoms. The molecule has 2 aliphatic heterocycles. The van der Waals surface area contributed by atoms with E-state index in [4.69, 9.17) is 0 Å². The maximum atomic E-state index is 13.7. The van der Waals surface area contributed by atoms with Crippen LogP contribution in [0.15, 0.2) is 30.3 Å². The lowest BCUT2D eigenvalue weighted by Crippen LogP contribution is -2.70. The van der Waals surface area contributed by atoms with Gasteiger partial charge in [-0.3, -0.25) is 14.6 Å². The van der Waals surface area contributed by atoms with Gasteiger partial charge in [-0.1, -0.05) is 37.3 Å². The van der Waals surface area contributed by atoms with Gasteiger partial charge >= 0.3 is 6.03 Å². The molecular weight excluding hydrogens is 338 g/mol. The number of carbonyl (C=O) groups is 2. The number of urea groups is 1. The van der Waals surface area contributed by atoms with Crippen molar-refractivity contribution in [2.45, 2.75) is 77.5 Å². The van der Waals surface area contributed by atoms with Gasteiger partial charge in [0.25, 0.3) is 5.91 Å². The highest BCUT2D eigenvalue weighted by atomic mass is 16.2. The summed E-state index contributed by atoms with van der Waals surface area (Å²) >= 11 is 0. The van der Waals surface area contributed by atoms with Crippen LogP contribution in [0.4, 0.5) is 4.79 Å². The van der Waals surface area contributed by atoms with Crippen molar-refractivity contribution >= 4 is 11.9 Å². The van der Waals surface area contributed by atoms with Crippen LogP contribution in [0.3, 0.4) is 0 Å². The third kappa shape index (κ3) is 3.06. The normalized spacial score (nSPS) is 24.1. The van der Waals surface area contributed by atoms with Gasteiger partial charge in [-0.05, 0) is 59.6 Å². The monoisotopic (exact) mass is 371 g/mol. The molecule has 2 fully saturated rings. The Kier molecular flexibility index (Phi) is 4.87. The summed E-state index contributed by atoms with van der Waals surface area (Å²) in [5, 5.41) is 0. The number of amides is 3. The Morgan fingerprint density at radius 2 is 1.44 bits per heavy atom. The Bertz CT molecular complexity index is 708. The lowest BCUT2D eigenvalue weighted by Gasteiger charge is -2.59. The predicted octanol–water partition coefficient (Wildman–Crippen LogP) is 3.88. The number of benzene rings is 1. The van der Waals surface area contributed by atoms with Gasteiger partial charge < -0.3 is 4.90 Å². The van der Waals surface area contributed by atoms with Crippen LogP contribution in [0.25, 0.3) is 0 Å². The zero-order valence-corrected chi connectivity index (χ0v) is 17.6. The zero-order valence-electron chi connectivity index (χ0n) is 17.6. The Hall–Kier alpha value is -1.88. The van der Waals surface area contributed by atoms with Crippen LogP contribution < -0.4 is 0 Å². The molecule has 0 aliphatic carbocycles. The Morgan fingerprint density at radius 1 is 0.889 bits per heavy atom. The number of imide groups is 1. The molecule has 0 N–H and O–H groups in total. The van der Waals surface area contributed by atoms with Crippen molar-refractivity contribution in [3.8, 4) is 0 Å².